The summed E-state index contributed by atoms with van der Waals surface area (Å²) in [6, 6.07) is 6.01. The first-order valence-corrected chi connectivity index (χ1v) is 8.87. The van der Waals surface area contributed by atoms with E-state index >= 15 is 0 Å². The van der Waals surface area contributed by atoms with Crippen LogP contribution in [0.3, 0.4) is 0 Å². The lowest BCUT2D eigenvalue weighted by atomic mass is 9.94. The fourth-order valence-corrected chi connectivity index (χ4v) is 4.71. The van der Waals surface area contributed by atoms with Gasteiger partial charge in [-0.15, -0.1) is 0 Å². The molecule has 0 amide bonds. The van der Waals surface area contributed by atoms with Crippen molar-refractivity contribution in [3.05, 3.63) is 29.8 Å². The van der Waals surface area contributed by atoms with Crippen molar-refractivity contribution in [2.24, 2.45) is 0 Å². The normalized spacial score (nSPS) is 21.6. The summed E-state index contributed by atoms with van der Waals surface area (Å²) in [5.41, 5.74) is 0.0482. The molecule has 0 bridgehead atoms. The SMILES string of the molecule is O=C(O)Cc1ccc(S(=O)(=O)N2CCOCCC23COC3)cc1. The molecule has 1 aromatic rings. The number of hydrogen-bond acceptors (Lipinski definition) is 5. The van der Waals surface area contributed by atoms with Gasteiger partial charge in [0.2, 0.25) is 10.0 Å². The Balaban J connectivity index is 1.88. The topological polar surface area (TPSA) is 93.1 Å². The monoisotopic (exact) mass is 341 g/mol. The molecule has 23 heavy (non-hydrogen) atoms. The second-order valence-electron chi connectivity index (χ2n) is 5.87. The summed E-state index contributed by atoms with van der Waals surface area (Å²) in [6.45, 7) is 1.94. The number of aliphatic carboxylic acids is 1. The first-order chi connectivity index (χ1) is 10.9. The molecule has 1 N–H and O–H groups in total. The second-order valence-corrected chi connectivity index (χ2v) is 7.73. The van der Waals surface area contributed by atoms with Crippen LogP contribution >= 0.6 is 0 Å². The van der Waals surface area contributed by atoms with E-state index in [9.17, 15) is 13.2 Å². The number of nitrogens with zero attached hydrogens (tertiary/aromatic N) is 1. The van der Waals surface area contributed by atoms with Crippen LogP contribution in [0.25, 0.3) is 0 Å². The standard InChI is InChI=1S/C15H19NO6S/c17-14(18)9-12-1-3-13(4-2-12)23(19,20)16-6-8-21-7-5-15(16)10-22-11-15/h1-4H,5-11H2,(H,17,18). The molecule has 7 nitrogen and oxygen atoms in total. The number of hydrogen-bond donors (Lipinski definition) is 1. The van der Waals surface area contributed by atoms with Crippen LogP contribution in [-0.2, 0) is 30.7 Å². The molecule has 2 aliphatic heterocycles. The summed E-state index contributed by atoms with van der Waals surface area (Å²) in [5.74, 6) is -0.948. The maximum Gasteiger partial charge on any atom is 0.307 e. The first kappa shape index (κ1) is 16.4. The van der Waals surface area contributed by atoms with Crippen LogP contribution in [0.1, 0.15) is 12.0 Å². The van der Waals surface area contributed by atoms with Crippen molar-refractivity contribution in [1.29, 1.82) is 0 Å². The van der Waals surface area contributed by atoms with Gasteiger partial charge in [0.25, 0.3) is 0 Å². The summed E-state index contributed by atoms with van der Waals surface area (Å²) in [7, 11) is -3.67. The average Bonchev–Trinajstić information content (AvgIpc) is 2.70. The Morgan fingerprint density at radius 1 is 1.17 bits per heavy atom. The quantitative estimate of drug-likeness (QED) is 0.857. The van der Waals surface area contributed by atoms with Gasteiger partial charge < -0.3 is 14.6 Å². The summed E-state index contributed by atoms with van der Waals surface area (Å²) in [6.07, 6.45) is 0.485. The zero-order valence-corrected chi connectivity index (χ0v) is 13.4. The Hall–Kier alpha value is -1.48. The van der Waals surface area contributed by atoms with Gasteiger partial charge in [-0.05, 0) is 24.1 Å². The third kappa shape index (κ3) is 3.12. The van der Waals surface area contributed by atoms with E-state index in [-0.39, 0.29) is 11.3 Å². The van der Waals surface area contributed by atoms with Crippen LogP contribution in [0.5, 0.6) is 0 Å². The van der Waals surface area contributed by atoms with Gasteiger partial charge >= 0.3 is 5.97 Å². The fraction of sp³-hybridized carbons (Fsp3) is 0.533. The Labute approximate surface area is 134 Å². The molecule has 2 aliphatic rings. The number of benzene rings is 1. The highest BCUT2D eigenvalue weighted by Gasteiger charge is 2.50. The Morgan fingerprint density at radius 2 is 1.87 bits per heavy atom. The third-order valence-electron chi connectivity index (χ3n) is 4.29. The van der Waals surface area contributed by atoms with E-state index in [2.05, 4.69) is 0 Å². The number of carboxylic acid groups (broad SMARTS) is 1. The minimum Gasteiger partial charge on any atom is -0.481 e. The summed E-state index contributed by atoms with van der Waals surface area (Å²) in [5, 5.41) is 8.79. The molecule has 2 saturated heterocycles. The molecule has 1 spiro atoms. The third-order valence-corrected chi connectivity index (χ3v) is 6.31. The van der Waals surface area contributed by atoms with E-state index in [1.807, 2.05) is 0 Å². The summed E-state index contributed by atoms with van der Waals surface area (Å²) >= 11 is 0. The van der Waals surface area contributed by atoms with Crippen LogP contribution in [0.4, 0.5) is 0 Å². The molecule has 8 heteroatoms. The Morgan fingerprint density at radius 3 is 2.43 bits per heavy atom. The molecule has 2 fully saturated rings. The minimum absolute atomic E-state index is 0.129. The Bertz CT molecular complexity index is 680. The first-order valence-electron chi connectivity index (χ1n) is 7.43. The molecule has 0 radical (unpaired) electrons. The number of carboxylic acids is 1. The lowest BCUT2D eigenvalue weighted by Crippen LogP contribution is -2.63. The molecule has 0 atom stereocenters. The molecule has 0 saturated carbocycles. The summed E-state index contributed by atoms with van der Waals surface area (Å²) in [4.78, 5) is 10.9. The molecular weight excluding hydrogens is 322 g/mol. The van der Waals surface area contributed by atoms with Crippen LogP contribution in [0.15, 0.2) is 29.2 Å². The second kappa shape index (κ2) is 6.20. The van der Waals surface area contributed by atoms with Gasteiger partial charge in [0, 0.05) is 13.2 Å². The van der Waals surface area contributed by atoms with E-state index in [0.29, 0.717) is 45.0 Å². The van der Waals surface area contributed by atoms with E-state index < -0.39 is 21.5 Å². The molecule has 126 valence electrons. The van der Waals surface area contributed by atoms with Gasteiger partial charge in [0.05, 0.1) is 36.7 Å². The zero-order chi connectivity index (χ0) is 16.5. The van der Waals surface area contributed by atoms with Gasteiger partial charge in [-0.3, -0.25) is 4.79 Å². The number of rotatable bonds is 4. The average molecular weight is 341 g/mol. The maximum atomic E-state index is 13.0. The molecular formula is C15H19NO6S. The Kier molecular flexibility index (Phi) is 4.41. The predicted molar refractivity (Wildman–Crippen MR) is 80.7 cm³/mol. The summed E-state index contributed by atoms with van der Waals surface area (Å²) < 4.78 is 38.1. The largest absolute Gasteiger partial charge is 0.481 e. The number of sulfonamides is 1. The molecule has 0 aliphatic carbocycles. The predicted octanol–water partition coefficient (Wildman–Crippen LogP) is 0.494. The highest BCUT2D eigenvalue weighted by atomic mass is 32.2. The van der Waals surface area contributed by atoms with Gasteiger partial charge in [-0.1, -0.05) is 12.1 Å². The van der Waals surface area contributed by atoms with Crippen LogP contribution in [0, 0.1) is 0 Å². The van der Waals surface area contributed by atoms with E-state index in [0.717, 1.165) is 0 Å². The van der Waals surface area contributed by atoms with Gasteiger partial charge in [-0.25, -0.2) is 8.42 Å². The van der Waals surface area contributed by atoms with Gasteiger partial charge in [0.15, 0.2) is 0 Å². The van der Waals surface area contributed by atoms with E-state index in [1.54, 1.807) is 12.1 Å². The van der Waals surface area contributed by atoms with Crippen LogP contribution in [0.2, 0.25) is 0 Å². The van der Waals surface area contributed by atoms with Crippen molar-refractivity contribution < 1.29 is 27.8 Å². The van der Waals surface area contributed by atoms with Crippen molar-refractivity contribution in [1.82, 2.24) is 4.31 Å². The van der Waals surface area contributed by atoms with Crippen LogP contribution < -0.4 is 0 Å². The lowest BCUT2D eigenvalue weighted by Gasteiger charge is -2.47. The molecule has 2 heterocycles. The highest BCUT2D eigenvalue weighted by Crippen LogP contribution is 2.35. The molecule has 3 rings (SSSR count). The van der Waals surface area contributed by atoms with E-state index in [4.69, 9.17) is 14.6 Å². The van der Waals surface area contributed by atoms with Crippen molar-refractivity contribution in [3.8, 4) is 0 Å². The maximum absolute atomic E-state index is 13.0. The van der Waals surface area contributed by atoms with Crippen molar-refractivity contribution in [2.45, 2.75) is 23.3 Å². The van der Waals surface area contributed by atoms with Crippen molar-refractivity contribution in [2.75, 3.05) is 33.0 Å². The van der Waals surface area contributed by atoms with E-state index in [1.165, 1.54) is 16.4 Å². The van der Waals surface area contributed by atoms with Gasteiger partial charge in [-0.2, -0.15) is 4.31 Å². The number of ether oxygens (including phenoxy) is 2. The smallest absolute Gasteiger partial charge is 0.307 e. The molecule has 1 aromatic carbocycles. The van der Waals surface area contributed by atoms with Crippen molar-refractivity contribution in [3.63, 3.8) is 0 Å². The van der Waals surface area contributed by atoms with Crippen LogP contribution in [-0.4, -0.2) is 62.3 Å². The van der Waals surface area contributed by atoms with Gasteiger partial charge in [0.1, 0.15) is 0 Å². The minimum atomic E-state index is -3.67. The number of carbonyl (C=O) groups is 1. The highest BCUT2D eigenvalue weighted by molar-refractivity contribution is 7.89. The lowest BCUT2D eigenvalue weighted by molar-refractivity contribution is -0.136. The zero-order valence-electron chi connectivity index (χ0n) is 12.6. The fourth-order valence-electron chi connectivity index (χ4n) is 2.96. The molecule has 0 aromatic heterocycles. The molecule has 0 unspecified atom stereocenters. The van der Waals surface area contributed by atoms with Crippen molar-refractivity contribution >= 4 is 16.0 Å².